The molecule has 1 aromatic rings. The highest BCUT2D eigenvalue weighted by atomic mass is 32.1. The predicted octanol–water partition coefficient (Wildman–Crippen LogP) is 2.96. The number of nitrogens with zero attached hydrogens (tertiary/aromatic N) is 1. The van der Waals surface area contributed by atoms with E-state index in [2.05, 4.69) is 30.7 Å². The van der Waals surface area contributed by atoms with Gasteiger partial charge in [-0.3, -0.25) is 0 Å². The van der Waals surface area contributed by atoms with Crippen LogP contribution in [-0.4, -0.2) is 11.5 Å². The first kappa shape index (κ1) is 9.71. The predicted molar refractivity (Wildman–Crippen MR) is 62.1 cm³/mol. The van der Waals surface area contributed by atoms with Gasteiger partial charge in [0.1, 0.15) is 0 Å². The smallest absolute Gasteiger partial charge is 0.183 e. The molecule has 0 spiro atoms. The maximum Gasteiger partial charge on any atom is 0.183 e. The van der Waals surface area contributed by atoms with Crippen molar-refractivity contribution in [2.75, 3.05) is 11.9 Å². The van der Waals surface area contributed by atoms with Gasteiger partial charge in [-0.25, -0.2) is 4.98 Å². The normalized spacial score (nSPS) is 17.9. The van der Waals surface area contributed by atoms with Gasteiger partial charge in [-0.15, -0.1) is 17.9 Å². The summed E-state index contributed by atoms with van der Waals surface area (Å²) < 4.78 is 0. The number of anilines is 1. The second-order valence-corrected chi connectivity index (χ2v) is 5.43. The van der Waals surface area contributed by atoms with Gasteiger partial charge in [0, 0.05) is 16.8 Å². The molecule has 0 saturated heterocycles. The monoisotopic (exact) mass is 208 g/mol. The lowest BCUT2D eigenvalue weighted by Gasteiger charge is -2.15. The molecule has 1 aliphatic carbocycles. The van der Waals surface area contributed by atoms with Crippen LogP contribution in [0, 0.1) is 0 Å². The van der Waals surface area contributed by atoms with Crippen molar-refractivity contribution < 1.29 is 0 Å². The Morgan fingerprint density at radius 1 is 1.64 bits per heavy atom. The quantitative estimate of drug-likeness (QED) is 0.772. The minimum absolute atomic E-state index is 0.278. The van der Waals surface area contributed by atoms with Gasteiger partial charge in [0.05, 0.1) is 5.69 Å². The zero-order chi connectivity index (χ0) is 10.2. The minimum Gasteiger partial charge on any atom is -0.358 e. The van der Waals surface area contributed by atoms with E-state index in [1.54, 1.807) is 11.3 Å². The third-order valence-electron chi connectivity index (χ3n) is 2.71. The second-order valence-electron chi connectivity index (χ2n) is 4.34. The Morgan fingerprint density at radius 2 is 2.43 bits per heavy atom. The van der Waals surface area contributed by atoms with Gasteiger partial charge in [0.15, 0.2) is 5.13 Å². The molecule has 0 aromatic carbocycles. The van der Waals surface area contributed by atoms with E-state index >= 15 is 0 Å². The van der Waals surface area contributed by atoms with E-state index in [1.165, 1.54) is 23.4 Å². The molecular weight excluding hydrogens is 192 g/mol. The Balaban J connectivity index is 2.21. The van der Waals surface area contributed by atoms with Gasteiger partial charge in [0.2, 0.25) is 0 Å². The molecule has 1 aromatic heterocycles. The summed E-state index contributed by atoms with van der Waals surface area (Å²) in [5, 5.41) is 4.30. The molecule has 0 aliphatic heterocycles. The molecule has 1 aliphatic rings. The highest BCUT2D eigenvalue weighted by Gasteiger charge is 2.33. The average molecular weight is 208 g/mol. The van der Waals surface area contributed by atoms with E-state index in [9.17, 15) is 0 Å². The zero-order valence-electron chi connectivity index (χ0n) is 8.76. The fourth-order valence-electron chi connectivity index (χ4n) is 1.83. The lowest BCUT2D eigenvalue weighted by atomic mass is 9.91. The van der Waals surface area contributed by atoms with Gasteiger partial charge in [0.25, 0.3) is 0 Å². The van der Waals surface area contributed by atoms with E-state index in [0.29, 0.717) is 0 Å². The van der Waals surface area contributed by atoms with Crippen LogP contribution < -0.4 is 5.32 Å². The minimum atomic E-state index is 0.278. The van der Waals surface area contributed by atoms with Crippen LogP contribution in [0.15, 0.2) is 12.7 Å². The summed E-state index contributed by atoms with van der Waals surface area (Å²) in [6.07, 6.45) is 4.29. The molecule has 76 valence electrons. The maximum atomic E-state index is 4.64. The highest BCUT2D eigenvalue weighted by molar-refractivity contribution is 7.15. The Bertz CT molecular complexity index is 352. The molecule has 2 nitrogen and oxygen atoms in total. The summed E-state index contributed by atoms with van der Waals surface area (Å²) in [4.78, 5) is 6.10. The number of rotatable bonds is 3. The SMILES string of the molecule is C=CCNc1nc2c(s1)CCC2(C)C. The van der Waals surface area contributed by atoms with Crippen LogP contribution in [0.2, 0.25) is 0 Å². The van der Waals surface area contributed by atoms with Crippen LogP contribution in [0.3, 0.4) is 0 Å². The van der Waals surface area contributed by atoms with Crippen LogP contribution in [0.4, 0.5) is 5.13 Å². The molecule has 2 rings (SSSR count). The Labute approximate surface area is 89.1 Å². The number of aryl methyl sites for hydroxylation is 1. The summed E-state index contributed by atoms with van der Waals surface area (Å²) in [6.45, 7) is 9.03. The van der Waals surface area contributed by atoms with Crippen LogP contribution in [0.25, 0.3) is 0 Å². The Hall–Kier alpha value is -0.830. The molecule has 0 saturated carbocycles. The summed E-state index contributed by atoms with van der Waals surface area (Å²) in [6, 6.07) is 0. The zero-order valence-corrected chi connectivity index (χ0v) is 9.58. The third-order valence-corrected chi connectivity index (χ3v) is 3.79. The molecule has 3 heteroatoms. The lowest BCUT2D eigenvalue weighted by Crippen LogP contribution is -2.13. The van der Waals surface area contributed by atoms with Crippen molar-refractivity contribution in [1.82, 2.24) is 4.98 Å². The van der Waals surface area contributed by atoms with Crippen molar-refractivity contribution in [3.8, 4) is 0 Å². The standard InChI is InChI=1S/C11H16N2S/c1-4-7-12-10-13-9-8(14-10)5-6-11(9,2)3/h4H,1,5-7H2,2-3H3,(H,12,13). The van der Waals surface area contributed by atoms with Crippen molar-refractivity contribution in [1.29, 1.82) is 0 Å². The highest BCUT2D eigenvalue weighted by Crippen LogP contribution is 2.41. The Morgan fingerprint density at radius 3 is 3.07 bits per heavy atom. The molecule has 1 heterocycles. The summed E-state index contributed by atoms with van der Waals surface area (Å²) >= 11 is 1.79. The van der Waals surface area contributed by atoms with E-state index in [1.807, 2.05) is 6.08 Å². The molecule has 1 N–H and O–H groups in total. The maximum absolute atomic E-state index is 4.64. The molecule has 0 unspecified atom stereocenters. The third kappa shape index (κ3) is 1.57. The molecule has 0 atom stereocenters. The number of aromatic nitrogens is 1. The number of fused-ring (bicyclic) bond motifs is 1. The van der Waals surface area contributed by atoms with E-state index in [4.69, 9.17) is 0 Å². The number of nitrogens with one attached hydrogen (secondary N) is 1. The lowest BCUT2D eigenvalue weighted by molar-refractivity contribution is 0.510. The summed E-state index contributed by atoms with van der Waals surface area (Å²) in [7, 11) is 0. The van der Waals surface area contributed by atoms with E-state index < -0.39 is 0 Å². The average Bonchev–Trinajstić information content (AvgIpc) is 2.65. The number of hydrogen-bond donors (Lipinski definition) is 1. The molecule has 0 bridgehead atoms. The van der Waals surface area contributed by atoms with E-state index in [-0.39, 0.29) is 5.41 Å². The van der Waals surface area contributed by atoms with Gasteiger partial charge < -0.3 is 5.32 Å². The summed E-state index contributed by atoms with van der Waals surface area (Å²) in [5.74, 6) is 0. The summed E-state index contributed by atoms with van der Waals surface area (Å²) in [5.41, 5.74) is 1.58. The van der Waals surface area contributed by atoms with Crippen molar-refractivity contribution in [3.05, 3.63) is 23.2 Å². The fraction of sp³-hybridized carbons (Fsp3) is 0.545. The van der Waals surface area contributed by atoms with Gasteiger partial charge in [-0.05, 0) is 12.8 Å². The van der Waals surface area contributed by atoms with Gasteiger partial charge in [-0.1, -0.05) is 19.9 Å². The molecule has 14 heavy (non-hydrogen) atoms. The van der Waals surface area contributed by atoms with Crippen molar-refractivity contribution >= 4 is 16.5 Å². The van der Waals surface area contributed by atoms with Gasteiger partial charge in [-0.2, -0.15) is 0 Å². The molecular formula is C11H16N2S. The first-order valence-corrected chi connectivity index (χ1v) is 5.80. The molecule has 0 amide bonds. The van der Waals surface area contributed by atoms with Crippen molar-refractivity contribution in [2.45, 2.75) is 32.1 Å². The van der Waals surface area contributed by atoms with E-state index in [0.717, 1.165) is 11.7 Å². The number of thiazole rings is 1. The first-order valence-electron chi connectivity index (χ1n) is 4.98. The fourth-order valence-corrected chi connectivity index (χ4v) is 2.98. The number of hydrogen-bond acceptors (Lipinski definition) is 3. The van der Waals surface area contributed by atoms with Gasteiger partial charge >= 0.3 is 0 Å². The van der Waals surface area contributed by atoms with Crippen LogP contribution >= 0.6 is 11.3 Å². The first-order chi connectivity index (χ1) is 6.63. The van der Waals surface area contributed by atoms with Crippen molar-refractivity contribution in [2.24, 2.45) is 0 Å². The Kier molecular flexibility index (Phi) is 2.35. The largest absolute Gasteiger partial charge is 0.358 e. The molecule has 0 radical (unpaired) electrons. The van der Waals surface area contributed by atoms with Crippen LogP contribution in [-0.2, 0) is 11.8 Å². The second kappa shape index (κ2) is 3.39. The van der Waals surface area contributed by atoms with Crippen LogP contribution in [0.1, 0.15) is 30.8 Å². The van der Waals surface area contributed by atoms with Crippen molar-refractivity contribution in [3.63, 3.8) is 0 Å². The topological polar surface area (TPSA) is 24.9 Å². The van der Waals surface area contributed by atoms with Crippen LogP contribution in [0.5, 0.6) is 0 Å². The molecule has 0 fully saturated rings.